The zero-order valence-electron chi connectivity index (χ0n) is 15.3. The minimum Gasteiger partial charge on any atom is -0.299 e. The van der Waals surface area contributed by atoms with Crippen molar-refractivity contribution in [3.8, 4) is 0 Å². The Labute approximate surface area is 150 Å². The molecule has 0 saturated carbocycles. The van der Waals surface area contributed by atoms with Gasteiger partial charge in [0.05, 0.1) is 5.69 Å². The van der Waals surface area contributed by atoms with Crippen LogP contribution >= 0.6 is 0 Å². The zero-order valence-corrected chi connectivity index (χ0v) is 15.3. The highest BCUT2D eigenvalue weighted by Gasteiger charge is 2.37. The van der Waals surface area contributed by atoms with E-state index in [4.69, 9.17) is 0 Å². The number of hydrogen-bond acceptors (Lipinski definition) is 4. The zero-order chi connectivity index (χ0) is 17.1. The molecule has 0 unspecified atom stereocenters. The SMILES string of the molecule is Cn1cc(CN2CCC3(CCN(Cc4ccccc4)CC3)CC2)nn1. The van der Waals surface area contributed by atoms with Crippen LogP contribution in [0.4, 0.5) is 0 Å². The largest absolute Gasteiger partial charge is 0.299 e. The Morgan fingerprint density at radius 1 is 0.880 bits per heavy atom. The predicted molar refractivity (Wildman–Crippen MR) is 98.9 cm³/mol. The van der Waals surface area contributed by atoms with E-state index in [9.17, 15) is 0 Å². The predicted octanol–water partition coefficient (Wildman–Crippen LogP) is 2.69. The number of piperidine rings is 2. The summed E-state index contributed by atoms with van der Waals surface area (Å²) in [7, 11) is 1.94. The average molecular weight is 339 g/mol. The molecule has 2 aromatic rings. The molecular formula is C20H29N5. The third-order valence-electron chi connectivity index (χ3n) is 6.12. The number of hydrogen-bond donors (Lipinski definition) is 0. The van der Waals surface area contributed by atoms with Gasteiger partial charge >= 0.3 is 0 Å². The van der Waals surface area contributed by atoms with Gasteiger partial charge in [-0.2, -0.15) is 0 Å². The first-order chi connectivity index (χ1) is 12.2. The summed E-state index contributed by atoms with van der Waals surface area (Å²) in [6.45, 7) is 6.96. The van der Waals surface area contributed by atoms with Gasteiger partial charge in [-0.3, -0.25) is 14.5 Å². The summed E-state index contributed by atoms with van der Waals surface area (Å²) in [5.74, 6) is 0. The first-order valence-electron chi connectivity index (χ1n) is 9.55. The minimum atomic E-state index is 0.589. The summed E-state index contributed by atoms with van der Waals surface area (Å²) < 4.78 is 1.79. The second kappa shape index (κ2) is 7.26. The molecule has 0 radical (unpaired) electrons. The van der Waals surface area contributed by atoms with Crippen LogP contribution in [0.25, 0.3) is 0 Å². The first-order valence-corrected chi connectivity index (χ1v) is 9.55. The maximum atomic E-state index is 4.23. The molecule has 2 aliphatic rings. The molecule has 0 N–H and O–H groups in total. The van der Waals surface area contributed by atoms with Crippen molar-refractivity contribution in [3.05, 3.63) is 47.8 Å². The Morgan fingerprint density at radius 2 is 1.48 bits per heavy atom. The van der Waals surface area contributed by atoms with Gasteiger partial charge in [0.15, 0.2) is 0 Å². The van der Waals surface area contributed by atoms with Gasteiger partial charge in [-0.05, 0) is 62.8 Å². The van der Waals surface area contributed by atoms with E-state index in [-0.39, 0.29) is 0 Å². The van der Waals surface area contributed by atoms with Gasteiger partial charge in [0.25, 0.3) is 0 Å². The molecule has 1 aromatic carbocycles. The van der Waals surface area contributed by atoms with Crippen LogP contribution in [0.3, 0.4) is 0 Å². The number of aryl methyl sites for hydroxylation is 1. The van der Waals surface area contributed by atoms with Crippen molar-refractivity contribution in [1.29, 1.82) is 0 Å². The summed E-state index contributed by atoms with van der Waals surface area (Å²) in [5, 5.41) is 8.27. The lowest BCUT2D eigenvalue weighted by atomic mass is 9.71. The van der Waals surface area contributed by atoms with Crippen LogP contribution in [0, 0.1) is 5.41 Å². The van der Waals surface area contributed by atoms with Crippen molar-refractivity contribution in [2.24, 2.45) is 12.5 Å². The van der Waals surface area contributed by atoms with E-state index in [2.05, 4.69) is 50.4 Å². The van der Waals surface area contributed by atoms with Gasteiger partial charge in [0.2, 0.25) is 0 Å². The van der Waals surface area contributed by atoms with E-state index in [1.54, 1.807) is 4.68 Å². The van der Waals surface area contributed by atoms with E-state index in [0.29, 0.717) is 5.41 Å². The van der Waals surface area contributed by atoms with Crippen LogP contribution < -0.4 is 0 Å². The minimum absolute atomic E-state index is 0.589. The molecular weight excluding hydrogens is 310 g/mol. The molecule has 134 valence electrons. The second-order valence-corrected chi connectivity index (χ2v) is 7.92. The Morgan fingerprint density at radius 3 is 2.04 bits per heavy atom. The highest BCUT2D eigenvalue weighted by Crippen LogP contribution is 2.41. The van der Waals surface area contributed by atoms with Gasteiger partial charge in [-0.1, -0.05) is 35.5 Å². The van der Waals surface area contributed by atoms with Crippen LogP contribution in [-0.2, 0) is 20.1 Å². The lowest BCUT2D eigenvalue weighted by Crippen LogP contribution is -2.46. The Hall–Kier alpha value is -1.72. The van der Waals surface area contributed by atoms with Gasteiger partial charge < -0.3 is 0 Å². The maximum Gasteiger partial charge on any atom is 0.0966 e. The summed E-state index contributed by atoms with van der Waals surface area (Å²) in [6, 6.07) is 10.9. The molecule has 4 rings (SSSR count). The summed E-state index contributed by atoms with van der Waals surface area (Å²) in [4.78, 5) is 5.18. The summed E-state index contributed by atoms with van der Waals surface area (Å²) in [5.41, 5.74) is 3.12. The molecule has 0 atom stereocenters. The molecule has 2 aliphatic heterocycles. The van der Waals surface area contributed by atoms with Crippen molar-refractivity contribution in [1.82, 2.24) is 24.8 Å². The molecule has 5 nitrogen and oxygen atoms in total. The third kappa shape index (κ3) is 4.10. The Bertz CT molecular complexity index is 662. The van der Waals surface area contributed by atoms with E-state index in [1.807, 2.05) is 13.2 Å². The number of benzene rings is 1. The molecule has 1 spiro atoms. The quantitative estimate of drug-likeness (QED) is 0.858. The lowest BCUT2D eigenvalue weighted by molar-refractivity contribution is 0.0296. The molecule has 2 saturated heterocycles. The molecule has 0 aliphatic carbocycles. The smallest absolute Gasteiger partial charge is 0.0966 e. The summed E-state index contributed by atoms with van der Waals surface area (Å²) >= 11 is 0. The fraction of sp³-hybridized carbons (Fsp3) is 0.600. The third-order valence-corrected chi connectivity index (χ3v) is 6.12. The van der Waals surface area contributed by atoms with Gasteiger partial charge in [0, 0.05) is 26.3 Å². The van der Waals surface area contributed by atoms with Crippen LogP contribution in [0.15, 0.2) is 36.5 Å². The van der Waals surface area contributed by atoms with Gasteiger partial charge in [-0.25, -0.2) is 0 Å². The molecule has 0 amide bonds. The van der Waals surface area contributed by atoms with E-state index in [1.165, 1.54) is 57.4 Å². The molecule has 3 heterocycles. The summed E-state index contributed by atoms with van der Waals surface area (Å²) in [6.07, 6.45) is 7.43. The maximum absolute atomic E-state index is 4.23. The molecule has 5 heteroatoms. The van der Waals surface area contributed by atoms with E-state index in [0.717, 1.165) is 18.8 Å². The normalized spacial score (nSPS) is 21.6. The van der Waals surface area contributed by atoms with Crippen molar-refractivity contribution in [3.63, 3.8) is 0 Å². The Balaban J connectivity index is 1.25. The van der Waals surface area contributed by atoms with Crippen molar-refractivity contribution < 1.29 is 0 Å². The molecule has 1 aromatic heterocycles. The second-order valence-electron chi connectivity index (χ2n) is 7.92. The van der Waals surface area contributed by atoms with Crippen LogP contribution in [-0.4, -0.2) is 51.0 Å². The molecule has 25 heavy (non-hydrogen) atoms. The van der Waals surface area contributed by atoms with Crippen LogP contribution in [0.2, 0.25) is 0 Å². The number of rotatable bonds is 4. The monoisotopic (exact) mass is 339 g/mol. The van der Waals surface area contributed by atoms with Crippen molar-refractivity contribution in [2.75, 3.05) is 26.2 Å². The highest BCUT2D eigenvalue weighted by atomic mass is 15.4. The fourth-order valence-electron chi connectivity index (χ4n) is 4.41. The standard InChI is InChI=1S/C20H29N5/c1-23-16-19(21-22-23)17-25-13-9-20(10-14-25)7-11-24(12-8-20)15-18-5-3-2-4-6-18/h2-6,16H,7-15,17H2,1H3. The first kappa shape index (κ1) is 16.7. The molecule has 2 fully saturated rings. The van der Waals surface area contributed by atoms with E-state index < -0.39 is 0 Å². The average Bonchev–Trinajstić information content (AvgIpc) is 3.05. The van der Waals surface area contributed by atoms with E-state index >= 15 is 0 Å². The number of aromatic nitrogens is 3. The van der Waals surface area contributed by atoms with Crippen molar-refractivity contribution in [2.45, 2.75) is 38.8 Å². The Kier molecular flexibility index (Phi) is 4.86. The van der Waals surface area contributed by atoms with Crippen LogP contribution in [0.5, 0.6) is 0 Å². The van der Waals surface area contributed by atoms with Crippen LogP contribution in [0.1, 0.15) is 36.9 Å². The highest BCUT2D eigenvalue weighted by molar-refractivity contribution is 5.14. The van der Waals surface area contributed by atoms with Crippen molar-refractivity contribution >= 4 is 0 Å². The molecule has 0 bridgehead atoms. The van der Waals surface area contributed by atoms with Gasteiger partial charge in [0.1, 0.15) is 0 Å². The number of nitrogens with zero attached hydrogens (tertiary/aromatic N) is 5. The number of likely N-dealkylation sites (tertiary alicyclic amines) is 2. The fourth-order valence-corrected chi connectivity index (χ4v) is 4.41. The van der Waals surface area contributed by atoms with Gasteiger partial charge in [-0.15, -0.1) is 5.10 Å². The lowest BCUT2D eigenvalue weighted by Gasteiger charge is -2.47. The topological polar surface area (TPSA) is 37.2 Å².